The van der Waals surface area contributed by atoms with E-state index in [4.69, 9.17) is 11.6 Å². The fraction of sp³-hybridized carbons (Fsp3) is 0.111. The summed E-state index contributed by atoms with van der Waals surface area (Å²) >= 11 is 9.33. The Morgan fingerprint density at radius 2 is 1.96 bits per heavy atom. The lowest BCUT2D eigenvalue weighted by molar-refractivity contribution is 0.0714. The summed E-state index contributed by atoms with van der Waals surface area (Å²) < 4.78 is 0. The lowest BCUT2D eigenvalue weighted by Gasteiger charge is -2.20. The van der Waals surface area contributed by atoms with Crippen LogP contribution in [0.2, 0.25) is 5.02 Å². The van der Waals surface area contributed by atoms with Crippen LogP contribution in [0.25, 0.3) is 0 Å². The zero-order chi connectivity index (χ0) is 16.5. The zero-order valence-corrected chi connectivity index (χ0v) is 14.9. The smallest absolute Gasteiger partial charge is 0.267 e. The highest BCUT2D eigenvalue weighted by atomic mass is 35.5. The highest BCUT2D eigenvalue weighted by molar-refractivity contribution is 7.12. The van der Waals surface area contributed by atoms with Gasteiger partial charge >= 0.3 is 0 Å². The van der Waals surface area contributed by atoms with Crippen LogP contribution in [0.15, 0.2) is 64.4 Å². The molecule has 0 spiro atoms. The van der Waals surface area contributed by atoms with E-state index in [1.807, 2.05) is 29.0 Å². The van der Waals surface area contributed by atoms with Crippen molar-refractivity contribution >= 4 is 45.9 Å². The molecule has 0 saturated heterocycles. The number of hydrogen-bond donors (Lipinski definition) is 0. The van der Waals surface area contributed by atoms with Crippen molar-refractivity contribution in [3.63, 3.8) is 0 Å². The largest absolute Gasteiger partial charge is 0.274 e. The van der Waals surface area contributed by atoms with Gasteiger partial charge in [-0.2, -0.15) is 5.10 Å². The molecule has 24 heavy (non-hydrogen) atoms. The van der Waals surface area contributed by atoms with Gasteiger partial charge in [0.2, 0.25) is 0 Å². The van der Waals surface area contributed by atoms with Crippen LogP contribution in [0.1, 0.15) is 32.6 Å². The molecule has 1 atom stereocenters. The van der Waals surface area contributed by atoms with Crippen LogP contribution >= 0.6 is 34.3 Å². The maximum atomic E-state index is 13.0. The van der Waals surface area contributed by atoms with E-state index < -0.39 is 0 Å². The Labute approximate surface area is 152 Å². The Balaban J connectivity index is 1.72. The van der Waals surface area contributed by atoms with Crippen molar-refractivity contribution in [2.45, 2.75) is 12.5 Å². The van der Waals surface area contributed by atoms with Gasteiger partial charge in [0.1, 0.15) is 0 Å². The first-order chi connectivity index (χ1) is 11.7. The number of amides is 1. The molecule has 1 aliphatic rings. The van der Waals surface area contributed by atoms with Gasteiger partial charge in [0.05, 0.1) is 16.6 Å². The third-order valence-corrected chi connectivity index (χ3v) is 5.99. The first kappa shape index (κ1) is 15.6. The second-order valence-electron chi connectivity index (χ2n) is 5.42. The average molecular weight is 373 g/mol. The summed E-state index contributed by atoms with van der Waals surface area (Å²) in [6, 6.07) is 15.1. The number of hydrogen-bond acceptors (Lipinski definition) is 4. The molecule has 2 aromatic heterocycles. The van der Waals surface area contributed by atoms with E-state index in [1.54, 1.807) is 51.9 Å². The fourth-order valence-corrected chi connectivity index (χ4v) is 4.47. The number of hydrazone groups is 1. The Morgan fingerprint density at radius 1 is 1.12 bits per heavy atom. The molecule has 120 valence electrons. The van der Waals surface area contributed by atoms with Crippen LogP contribution in [0, 0.1) is 0 Å². The molecule has 0 saturated carbocycles. The quantitative estimate of drug-likeness (QED) is 0.601. The number of rotatable bonds is 3. The molecule has 0 aliphatic carbocycles. The molecule has 1 aromatic carbocycles. The minimum atomic E-state index is -0.123. The Morgan fingerprint density at radius 3 is 2.67 bits per heavy atom. The van der Waals surface area contributed by atoms with Crippen LogP contribution in [0.5, 0.6) is 0 Å². The van der Waals surface area contributed by atoms with Gasteiger partial charge in [-0.3, -0.25) is 4.79 Å². The molecule has 0 N–H and O–H groups in total. The third-order valence-electron chi connectivity index (χ3n) is 3.87. The second kappa shape index (κ2) is 6.51. The normalized spacial score (nSPS) is 17.1. The molecule has 0 bridgehead atoms. The molecule has 1 amide bonds. The van der Waals surface area contributed by atoms with E-state index in [9.17, 15) is 4.79 Å². The zero-order valence-electron chi connectivity index (χ0n) is 12.6. The van der Waals surface area contributed by atoms with Gasteiger partial charge in [-0.1, -0.05) is 29.8 Å². The molecule has 3 aromatic rings. The second-order valence-corrected chi connectivity index (χ2v) is 7.78. The van der Waals surface area contributed by atoms with Crippen molar-refractivity contribution in [3.05, 3.63) is 79.6 Å². The summed E-state index contributed by atoms with van der Waals surface area (Å²) in [7, 11) is 0. The lowest BCUT2D eigenvalue weighted by atomic mass is 10.1. The SMILES string of the molecule is O=C(c1cccc(Cl)c1)N1N=C(c2cccs2)C[C@@H]1c1cccs1. The predicted molar refractivity (Wildman–Crippen MR) is 100 cm³/mol. The first-order valence-electron chi connectivity index (χ1n) is 7.46. The molecule has 3 nitrogen and oxygen atoms in total. The van der Waals surface area contributed by atoms with E-state index in [0.717, 1.165) is 21.9 Å². The number of carbonyl (C=O) groups is 1. The topological polar surface area (TPSA) is 32.7 Å². The molecule has 0 fully saturated rings. The van der Waals surface area contributed by atoms with E-state index in [-0.39, 0.29) is 11.9 Å². The van der Waals surface area contributed by atoms with E-state index in [2.05, 4.69) is 11.2 Å². The first-order valence-corrected chi connectivity index (χ1v) is 9.60. The predicted octanol–water partition coefficient (Wildman–Crippen LogP) is 5.45. The monoisotopic (exact) mass is 372 g/mol. The van der Waals surface area contributed by atoms with Gasteiger partial charge in [0.25, 0.3) is 5.91 Å². The van der Waals surface area contributed by atoms with Crippen LogP contribution in [0.4, 0.5) is 0 Å². The number of nitrogens with zero attached hydrogens (tertiary/aromatic N) is 2. The highest BCUT2D eigenvalue weighted by Gasteiger charge is 2.34. The van der Waals surface area contributed by atoms with Gasteiger partial charge in [-0.15, -0.1) is 22.7 Å². The molecule has 4 rings (SSSR count). The van der Waals surface area contributed by atoms with Crippen molar-refractivity contribution in [3.8, 4) is 0 Å². The van der Waals surface area contributed by atoms with Crippen molar-refractivity contribution in [2.24, 2.45) is 5.10 Å². The Hall–Kier alpha value is -1.95. The summed E-state index contributed by atoms with van der Waals surface area (Å²) in [5.41, 5.74) is 1.51. The molecule has 0 radical (unpaired) electrons. The van der Waals surface area contributed by atoms with Gasteiger partial charge < -0.3 is 0 Å². The van der Waals surface area contributed by atoms with Crippen LogP contribution in [0.3, 0.4) is 0 Å². The van der Waals surface area contributed by atoms with Gasteiger partial charge in [-0.05, 0) is 41.1 Å². The van der Waals surface area contributed by atoms with Gasteiger partial charge in [0, 0.05) is 21.9 Å². The van der Waals surface area contributed by atoms with Crippen LogP contribution < -0.4 is 0 Å². The molecular formula is C18H13ClN2OS2. The Bertz CT molecular complexity index is 888. The summed E-state index contributed by atoms with van der Waals surface area (Å²) in [4.78, 5) is 15.2. The van der Waals surface area contributed by atoms with E-state index >= 15 is 0 Å². The maximum absolute atomic E-state index is 13.0. The Kier molecular flexibility index (Phi) is 4.22. The number of halogens is 1. The lowest BCUT2D eigenvalue weighted by Crippen LogP contribution is -2.26. The van der Waals surface area contributed by atoms with E-state index in [0.29, 0.717) is 10.6 Å². The van der Waals surface area contributed by atoms with Crippen molar-refractivity contribution < 1.29 is 4.79 Å². The number of carbonyl (C=O) groups excluding carboxylic acids is 1. The van der Waals surface area contributed by atoms with Crippen molar-refractivity contribution in [2.75, 3.05) is 0 Å². The number of benzene rings is 1. The minimum Gasteiger partial charge on any atom is -0.267 e. The number of thiophene rings is 2. The van der Waals surface area contributed by atoms with E-state index in [1.165, 1.54) is 0 Å². The van der Waals surface area contributed by atoms with Gasteiger partial charge in [0.15, 0.2) is 0 Å². The fourth-order valence-electron chi connectivity index (χ4n) is 2.75. The van der Waals surface area contributed by atoms with Crippen LogP contribution in [-0.2, 0) is 0 Å². The van der Waals surface area contributed by atoms with Crippen molar-refractivity contribution in [1.29, 1.82) is 0 Å². The average Bonchev–Trinajstić information content (AvgIpc) is 3.32. The molecular weight excluding hydrogens is 360 g/mol. The summed E-state index contributed by atoms with van der Waals surface area (Å²) in [6.45, 7) is 0. The molecule has 6 heteroatoms. The third kappa shape index (κ3) is 2.90. The standard InChI is InChI=1S/C18H13ClN2OS2/c19-13-5-1-4-12(10-13)18(22)21-15(17-7-3-9-24-17)11-14(20-21)16-6-2-8-23-16/h1-10,15H,11H2/t15-/m1/s1. The maximum Gasteiger partial charge on any atom is 0.274 e. The molecule has 0 unspecified atom stereocenters. The minimum absolute atomic E-state index is 0.0615. The molecule has 3 heterocycles. The highest BCUT2D eigenvalue weighted by Crippen LogP contribution is 2.36. The summed E-state index contributed by atoms with van der Waals surface area (Å²) in [5.74, 6) is -0.123. The summed E-state index contributed by atoms with van der Waals surface area (Å²) in [5, 5.41) is 10.9. The molecule has 1 aliphatic heterocycles. The summed E-state index contributed by atoms with van der Waals surface area (Å²) in [6.07, 6.45) is 0.729. The van der Waals surface area contributed by atoms with Gasteiger partial charge in [-0.25, -0.2) is 5.01 Å². The van der Waals surface area contributed by atoms with Crippen molar-refractivity contribution in [1.82, 2.24) is 5.01 Å². The van der Waals surface area contributed by atoms with Crippen LogP contribution in [-0.4, -0.2) is 16.6 Å².